The lowest BCUT2D eigenvalue weighted by Crippen LogP contribution is -2.61. The maximum atomic E-state index is 13.5. The van der Waals surface area contributed by atoms with Gasteiger partial charge < -0.3 is 5.32 Å². The predicted molar refractivity (Wildman–Crippen MR) is 92.3 cm³/mol. The third kappa shape index (κ3) is 2.29. The van der Waals surface area contributed by atoms with Crippen LogP contribution < -0.4 is 5.32 Å². The van der Waals surface area contributed by atoms with Crippen molar-refractivity contribution < 1.29 is 9.59 Å². The standard InChI is InChI=1S/C21H31NO2/c23-18-10-14-3-1-5-21(18,6-2-4-14)22-19(24)20-11-15-7-16(12-20)9-17(8-15)13-20/h14-17H,1-13H2,(H,22,24). The van der Waals surface area contributed by atoms with Crippen molar-refractivity contribution in [3.05, 3.63) is 0 Å². The van der Waals surface area contributed by atoms with Gasteiger partial charge in [0.1, 0.15) is 0 Å². The average Bonchev–Trinajstić information content (AvgIpc) is 2.73. The molecule has 6 rings (SSSR count). The topological polar surface area (TPSA) is 46.2 Å². The van der Waals surface area contributed by atoms with Gasteiger partial charge in [-0.15, -0.1) is 0 Å². The fraction of sp³-hybridized carbons (Fsp3) is 0.905. The molecule has 0 unspecified atom stereocenters. The van der Waals surface area contributed by atoms with Gasteiger partial charge in [0.2, 0.25) is 5.91 Å². The summed E-state index contributed by atoms with van der Waals surface area (Å²) in [6, 6.07) is 0. The monoisotopic (exact) mass is 329 g/mol. The van der Waals surface area contributed by atoms with Crippen LogP contribution in [0.3, 0.4) is 0 Å². The Hall–Kier alpha value is -0.860. The molecule has 6 fully saturated rings. The molecular weight excluding hydrogens is 298 g/mol. The van der Waals surface area contributed by atoms with E-state index in [9.17, 15) is 9.59 Å². The zero-order valence-electron chi connectivity index (χ0n) is 14.8. The number of nitrogens with one attached hydrogen (secondary N) is 1. The summed E-state index contributed by atoms with van der Waals surface area (Å²) in [5.41, 5.74) is -0.631. The normalized spacial score (nSPS) is 49.8. The van der Waals surface area contributed by atoms with Gasteiger partial charge in [-0.3, -0.25) is 9.59 Å². The summed E-state index contributed by atoms with van der Waals surface area (Å²) in [6.45, 7) is 0. The zero-order valence-corrected chi connectivity index (χ0v) is 14.8. The van der Waals surface area contributed by atoms with E-state index >= 15 is 0 Å². The Morgan fingerprint density at radius 2 is 1.42 bits per heavy atom. The Morgan fingerprint density at radius 3 is 1.96 bits per heavy atom. The highest BCUT2D eigenvalue weighted by Crippen LogP contribution is 2.60. The van der Waals surface area contributed by atoms with Crippen LogP contribution in [-0.2, 0) is 9.59 Å². The largest absolute Gasteiger partial charge is 0.343 e. The second-order valence-electron chi connectivity index (χ2n) is 10.0. The van der Waals surface area contributed by atoms with Crippen LogP contribution in [0, 0.1) is 29.1 Å². The molecule has 1 N–H and O–H groups in total. The summed E-state index contributed by atoms with van der Waals surface area (Å²) >= 11 is 0. The first kappa shape index (κ1) is 15.4. The molecule has 0 radical (unpaired) electrons. The summed E-state index contributed by atoms with van der Waals surface area (Å²) in [4.78, 5) is 26.4. The number of hydrogen-bond donors (Lipinski definition) is 1. The maximum absolute atomic E-state index is 13.5. The van der Waals surface area contributed by atoms with Crippen LogP contribution in [0.15, 0.2) is 0 Å². The Labute approximate surface area is 145 Å². The van der Waals surface area contributed by atoms with E-state index in [1.165, 1.54) is 32.1 Å². The van der Waals surface area contributed by atoms with Crippen LogP contribution >= 0.6 is 0 Å². The molecule has 0 atom stereocenters. The number of rotatable bonds is 2. The van der Waals surface area contributed by atoms with Gasteiger partial charge in [0.05, 0.1) is 5.54 Å². The van der Waals surface area contributed by atoms with Crippen molar-refractivity contribution in [2.24, 2.45) is 29.1 Å². The highest BCUT2D eigenvalue weighted by molar-refractivity contribution is 5.95. The van der Waals surface area contributed by atoms with Crippen LogP contribution in [0.1, 0.15) is 83.5 Å². The molecule has 6 bridgehead atoms. The highest BCUT2D eigenvalue weighted by atomic mass is 16.2. The second kappa shape index (κ2) is 5.32. The number of carbonyl (C=O) groups is 2. The van der Waals surface area contributed by atoms with Crippen LogP contribution in [0.2, 0.25) is 0 Å². The second-order valence-corrected chi connectivity index (χ2v) is 10.0. The minimum Gasteiger partial charge on any atom is -0.343 e. The minimum atomic E-state index is -0.508. The summed E-state index contributed by atoms with van der Waals surface area (Å²) in [5.74, 6) is 3.53. The molecule has 3 nitrogen and oxygen atoms in total. The van der Waals surface area contributed by atoms with Crippen molar-refractivity contribution in [1.82, 2.24) is 5.32 Å². The third-order valence-electron chi connectivity index (χ3n) is 8.31. The number of fused-ring (bicyclic) bond motifs is 3. The van der Waals surface area contributed by atoms with Crippen LogP contribution in [0.4, 0.5) is 0 Å². The Bertz CT molecular complexity index is 521. The molecule has 0 aromatic rings. The zero-order chi connectivity index (χ0) is 16.4. The molecule has 6 aliphatic carbocycles. The molecule has 6 aliphatic rings. The first-order chi connectivity index (χ1) is 11.6. The number of Topliss-reactive ketones (excluding diaryl/α,β-unsaturated/α-hetero) is 1. The van der Waals surface area contributed by atoms with Crippen molar-refractivity contribution in [1.29, 1.82) is 0 Å². The van der Waals surface area contributed by atoms with Gasteiger partial charge in [0.15, 0.2) is 5.78 Å². The van der Waals surface area contributed by atoms with E-state index in [0.717, 1.165) is 62.7 Å². The summed E-state index contributed by atoms with van der Waals surface area (Å²) in [6.07, 6.45) is 14.4. The van der Waals surface area contributed by atoms with Crippen molar-refractivity contribution >= 4 is 11.7 Å². The Kier molecular flexibility index (Phi) is 3.41. The molecule has 0 aromatic heterocycles. The van der Waals surface area contributed by atoms with Crippen molar-refractivity contribution in [3.8, 4) is 0 Å². The van der Waals surface area contributed by atoms with E-state index < -0.39 is 5.54 Å². The van der Waals surface area contributed by atoms with Crippen LogP contribution in [0.5, 0.6) is 0 Å². The van der Waals surface area contributed by atoms with Crippen LogP contribution in [0.25, 0.3) is 0 Å². The van der Waals surface area contributed by atoms with Gasteiger partial charge in [-0.25, -0.2) is 0 Å². The lowest BCUT2D eigenvalue weighted by atomic mass is 9.49. The quantitative estimate of drug-likeness (QED) is 0.832. The lowest BCUT2D eigenvalue weighted by Gasteiger charge is -2.56. The number of carbonyl (C=O) groups excluding carboxylic acids is 2. The molecule has 132 valence electrons. The summed E-state index contributed by atoms with van der Waals surface area (Å²) in [5, 5.41) is 3.42. The summed E-state index contributed by atoms with van der Waals surface area (Å²) in [7, 11) is 0. The number of hydrogen-bond acceptors (Lipinski definition) is 2. The number of ketones is 1. The van der Waals surface area contributed by atoms with E-state index in [4.69, 9.17) is 0 Å². The molecule has 0 aromatic carbocycles. The lowest BCUT2D eigenvalue weighted by molar-refractivity contribution is -0.150. The van der Waals surface area contributed by atoms with E-state index in [-0.39, 0.29) is 11.3 Å². The van der Waals surface area contributed by atoms with Gasteiger partial charge in [-0.2, -0.15) is 0 Å². The molecule has 3 heteroatoms. The minimum absolute atomic E-state index is 0.123. The Morgan fingerprint density at radius 1 is 0.875 bits per heavy atom. The molecule has 0 spiro atoms. The van der Waals surface area contributed by atoms with Gasteiger partial charge in [0, 0.05) is 11.8 Å². The van der Waals surface area contributed by atoms with Gasteiger partial charge in [-0.05, 0) is 87.9 Å². The molecular formula is C21H31NO2. The number of amides is 1. The van der Waals surface area contributed by atoms with E-state index in [2.05, 4.69) is 5.32 Å². The third-order valence-corrected chi connectivity index (χ3v) is 8.31. The van der Waals surface area contributed by atoms with Crippen molar-refractivity contribution in [2.75, 3.05) is 0 Å². The van der Waals surface area contributed by atoms with Crippen LogP contribution in [-0.4, -0.2) is 17.2 Å². The van der Waals surface area contributed by atoms with Gasteiger partial charge in [0.25, 0.3) is 0 Å². The average molecular weight is 329 g/mol. The van der Waals surface area contributed by atoms with Crippen molar-refractivity contribution in [2.45, 2.75) is 89.0 Å². The molecule has 6 saturated carbocycles. The maximum Gasteiger partial charge on any atom is 0.227 e. The smallest absolute Gasteiger partial charge is 0.227 e. The first-order valence-corrected chi connectivity index (χ1v) is 10.4. The van der Waals surface area contributed by atoms with Crippen molar-refractivity contribution in [3.63, 3.8) is 0 Å². The van der Waals surface area contributed by atoms with E-state index in [0.29, 0.717) is 18.1 Å². The van der Waals surface area contributed by atoms with E-state index in [1.807, 2.05) is 0 Å². The fourth-order valence-corrected chi connectivity index (χ4v) is 7.53. The SMILES string of the molecule is O=C(NC12CCCC(CCC1)CC2=O)C12CC3CC(CC(C3)C1)C2. The van der Waals surface area contributed by atoms with Gasteiger partial charge >= 0.3 is 0 Å². The molecule has 0 aliphatic heterocycles. The predicted octanol–water partition coefficient (Wildman–Crippen LogP) is 4.00. The summed E-state index contributed by atoms with van der Waals surface area (Å²) < 4.78 is 0. The molecule has 0 heterocycles. The van der Waals surface area contributed by atoms with Gasteiger partial charge in [-0.1, -0.05) is 12.8 Å². The first-order valence-electron chi connectivity index (χ1n) is 10.4. The molecule has 24 heavy (non-hydrogen) atoms. The molecule has 1 amide bonds. The van der Waals surface area contributed by atoms with E-state index in [1.54, 1.807) is 0 Å². The highest BCUT2D eigenvalue weighted by Gasteiger charge is 2.56. The molecule has 0 saturated heterocycles. The Balaban J connectivity index is 1.40. The fourth-order valence-electron chi connectivity index (χ4n) is 7.53.